The van der Waals surface area contributed by atoms with Gasteiger partial charge in [0.25, 0.3) is 15.9 Å². The summed E-state index contributed by atoms with van der Waals surface area (Å²) in [6, 6.07) is 15.4. The van der Waals surface area contributed by atoms with Crippen molar-refractivity contribution in [3.05, 3.63) is 92.9 Å². The van der Waals surface area contributed by atoms with Gasteiger partial charge < -0.3 is 14.7 Å². The topological polar surface area (TPSA) is 126 Å². The van der Waals surface area contributed by atoms with Crippen LogP contribution < -0.4 is 0 Å². The quantitative estimate of drug-likeness (QED) is 0.370. The fourth-order valence-corrected chi connectivity index (χ4v) is 6.85. The number of morpholine rings is 1. The molecule has 0 radical (unpaired) electrons. The van der Waals surface area contributed by atoms with E-state index in [9.17, 15) is 23.6 Å². The minimum Gasteiger partial charge on any atom is -0.382 e. The van der Waals surface area contributed by atoms with E-state index in [2.05, 4.69) is 4.98 Å². The lowest BCUT2D eigenvalue weighted by molar-refractivity contribution is 0.0303. The van der Waals surface area contributed by atoms with E-state index in [0.717, 1.165) is 3.97 Å². The molecule has 3 heterocycles. The van der Waals surface area contributed by atoms with Crippen LogP contribution >= 0.6 is 23.2 Å². The fourth-order valence-electron chi connectivity index (χ4n) is 4.64. The number of carbonyl (C=O) groups is 1. The van der Waals surface area contributed by atoms with Gasteiger partial charge in [0, 0.05) is 40.8 Å². The van der Waals surface area contributed by atoms with Crippen LogP contribution in [0.15, 0.2) is 59.5 Å². The maximum absolute atomic E-state index is 13.9. The van der Waals surface area contributed by atoms with Gasteiger partial charge in [0.2, 0.25) is 0 Å². The van der Waals surface area contributed by atoms with Crippen LogP contribution in [0.25, 0.3) is 10.9 Å². The summed E-state index contributed by atoms with van der Waals surface area (Å²) in [4.78, 5) is 19.0. The zero-order valence-electron chi connectivity index (χ0n) is 20.6. The number of hydrogen-bond donors (Lipinski definition) is 1. The molecule has 1 N–H and O–H groups in total. The molecule has 1 unspecified atom stereocenters. The zero-order valence-corrected chi connectivity index (χ0v) is 23.0. The van der Waals surface area contributed by atoms with Crippen LogP contribution in [0.5, 0.6) is 0 Å². The third-order valence-corrected chi connectivity index (χ3v) is 9.07. The Balaban J connectivity index is 1.73. The average Bonchev–Trinajstić information content (AvgIpc) is 3.35. The molecule has 1 aliphatic heterocycles. The van der Waals surface area contributed by atoms with Gasteiger partial charge in [-0.2, -0.15) is 5.26 Å². The molecule has 0 saturated carbocycles. The van der Waals surface area contributed by atoms with E-state index in [4.69, 9.17) is 27.9 Å². The zero-order chi connectivity index (χ0) is 27.9. The minimum absolute atomic E-state index is 0.0119. The fraction of sp³-hybridized carbons (Fsp3) is 0.222. The summed E-state index contributed by atoms with van der Waals surface area (Å²) >= 11 is 13.2. The van der Waals surface area contributed by atoms with Gasteiger partial charge in [-0.3, -0.25) is 4.79 Å². The van der Waals surface area contributed by atoms with Gasteiger partial charge in [-0.15, -0.1) is 0 Å². The molecule has 0 aliphatic carbocycles. The van der Waals surface area contributed by atoms with Crippen molar-refractivity contribution in [3.8, 4) is 6.07 Å². The Hall–Kier alpha value is -3.46. The maximum atomic E-state index is 13.9. The second kappa shape index (κ2) is 10.6. The van der Waals surface area contributed by atoms with E-state index in [1.165, 1.54) is 36.4 Å². The van der Waals surface area contributed by atoms with Crippen LogP contribution in [0, 0.1) is 18.3 Å². The molecule has 5 rings (SSSR count). The molecular formula is C27H22Cl2N4O5S. The summed E-state index contributed by atoms with van der Waals surface area (Å²) in [5, 5.41) is 21.6. The first kappa shape index (κ1) is 27.1. The number of amides is 1. The number of rotatable bonds is 5. The lowest BCUT2D eigenvalue weighted by atomic mass is 10.0. The molecule has 1 aliphatic rings. The second-order valence-electron chi connectivity index (χ2n) is 8.92. The lowest BCUT2D eigenvalue weighted by Crippen LogP contribution is -2.40. The van der Waals surface area contributed by atoms with Gasteiger partial charge in [0.15, 0.2) is 0 Å². The number of aliphatic hydroxyl groups is 1. The summed E-state index contributed by atoms with van der Waals surface area (Å²) < 4.78 is 34.2. The molecule has 0 bridgehead atoms. The predicted molar refractivity (Wildman–Crippen MR) is 145 cm³/mol. The van der Waals surface area contributed by atoms with Crippen LogP contribution in [-0.4, -0.2) is 59.6 Å². The number of pyridine rings is 1. The summed E-state index contributed by atoms with van der Waals surface area (Å²) in [5.41, 5.74) is 0.593. The minimum atomic E-state index is -4.27. The Morgan fingerprint density at radius 1 is 1.13 bits per heavy atom. The Labute approximate surface area is 234 Å². The van der Waals surface area contributed by atoms with Crippen molar-refractivity contribution in [2.45, 2.75) is 17.9 Å². The summed E-state index contributed by atoms with van der Waals surface area (Å²) in [6.07, 6.45) is -1.65. The highest BCUT2D eigenvalue weighted by Gasteiger charge is 2.32. The average molecular weight is 585 g/mol. The highest BCUT2D eigenvalue weighted by atomic mass is 35.5. The molecule has 1 fully saturated rings. The molecule has 1 atom stereocenters. The summed E-state index contributed by atoms with van der Waals surface area (Å²) in [6.45, 7) is 3.18. The standard InChI is InChI=1S/C27H22Cl2N4O5S/c1-16-20-14-23(33(22(20)13-17(15-30)31-16)39(36,37)18-5-3-2-4-6-18)26(34)24-21(28)8-7-19(25(24)29)27(35)32-9-11-38-12-10-32/h2-8,13-14,26,34H,9-12H2,1H3. The van der Waals surface area contributed by atoms with Gasteiger partial charge in [0.05, 0.1) is 39.9 Å². The smallest absolute Gasteiger partial charge is 0.268 e. The lowest BCUT2D eigenvalue weighted by Gasteiger charge is -2.28. The van der Waals surface area contributed by atoms with Gasteiger partial charge >= 0.3 is 0 Å². The maximum Gasteiger partial charge on any atom is 0.268 e. The van der Waals surface area contributed by atoms with E-state index in [0.29, 0.717) is 37.4 Å². The molecule has 39 heavy (non-hydrogen) atoms. The van der Waals surface area contributed by atoms with Gasteiger partial charge in [-0.1, -0.05) is 41.4 Å². The third kappa shape index (κ3) is 4.77. The SMILES string of the molecule is Cc1nc(C#N)cc2c1cc(C(O)c1c(Cl)ccc(C(=O)N3CCOCC3)c1Cl)n2S(=O)(=O)c1ccccc1. The molecule has 1 saturated heterocycles. The third-order valence-electron chi connectivity index (χ3n) is 6.58. The van der Waals surface area contributed by atoms with Crippen molar-refractivity contribution in [1.82, 2.24) is 13.9 Å². The first-order valence-corrected chi connectivity index (χ1v) is 14.1. The molecule has 4 aromatic rings. The first-order valence-electron chi connectivity index (χ1n) is 11.9. The number of aryl methyl sites for hydroxylation is 1. The van der Waals surface area contributed by atoms with E-state index in [-0.39, 0.29) is 48.9 Å². The summed E-state index contributed by atoms with van der Waals surface area (Å²) in [7, 11) is -4.27. The Morgan fingerprint density at radius 2 is 1.82 bits per heavy atom. The monoisotopic (exact) mass is 584 g/mol. The number of aliphatic hydroxyl groups excluding tert-OH is 1. The van der Waals surface area contributed by atoms with Crippen molar-refractivity contribution in [2.75, 3.05) is 26.3 Å². The molecule has 0 spiro atoms. The Bertz CT molecular complexity index is 1740. The van der Waals surface area contributed by atoms with Gasteiger partial charge in [-0.25, -0.2) is 17.4 Å². The van der Waals surface area contributed by atoms with E-state index in [1.807, 2.05) is 6.07 Å². The molecule has 200 valence electrons. The van der Waals surface area contributed by atoms with Crippen LogP contribution in [0.3, 0.4) is 0 Å². The number of fused-ring (bicyclic) bond motifs is 1. The number of benzene rings is 2. The molecule has 2 aromatic heterocycles. The highest BCUT2D eigenvalue weighted by molar-refractivity contribution is 7.90. The first-order chi connectivity index (χ1) is 18.6. The Morgan fingerprint density at radius 3 is 2.49 bits per heavy atom. The summed E-state index contributed by atoms with van der Waals surface area (Å²) in [5.74, 6) is -0.357. The number of hydrogen-bond acceptors (Lipinski definition) is 7. The normalized spacial score (nSPS) is 14.8. The molecule has 2 aromatic carbocycles. The number of carbonyl (C=O) groups excluding carboxylic acids is 1. The second-order valence-corrected chi connectivity index (χ2v) is 11.5. The predicted octanol–water partition coefficient (Wildman–Crippen LogP) is 4.31. The van der Waals surface area contributed by atoms with E-state index in [1.54, 1.807) is 30.0 Å². The van der Waals surface area contributed by atoms with Crippen molar-refractivity contribution in [1.29, 1.82) is 5.26 Å². The molecule has 1 amide bonds. The number of halogens is 2. The van der Waals surface area contributed by atoms with Crippen LogP contribution in [0.1, 0.15) is 39.1 Å². The number of nitrogens with zero attached hydrogens (tertiary/aromatic N) is 4. The van der Waals surface area contributed by atoms with Crippen molar-refractivity contribution in [3.63, 3.8) is 0 Å². The van der Waals surface area contributed by atoms with E-state index < -0.39 is 16.1 Å². The largest absolute Gasteiger partial charge is 0.382 e. The number of aromatic nitrogens is 2. The molecular weight excluding hydrogens is 563 g/mol. The van der Waals surface area contributed by atoms with Crippen molar-refractivity contribution in [2.24, 2.45) is 0 Å². The van der Waals surface area contributed by atoms with E-state index >= 15 is 0 Å². The van der Waals surface area contributed by atoms with Crippen LogP contribution in [-0.2, 0) is 14.8 Å². The Kier molecular flexibility index (Phi) is 7.37. The van der Waals surface area contributed by atoms with Crippen LogP contribution in [0.4, 0.5) is 0 Å². The number of ether oxygens (including phenoxy) is 1. The van der Waals surface area contributed by atoms with Gasteiger partial charge in [0.1, 0.15) is 17.9 Å². The van der Waals surface area contributed by atoms with Crippen molar-refractivity contribution < 1.29 is 23.1 Å². The molecule has 12 heteroatoms. The van der Waals surface area contributed by atoms with Gasteiger partial charge in [-0.05, 0) is 37.3 Å². The number of nitriles is 1. The molecule has 9 nitrogen and oxygen atoms in total. The van der Waals surface area contributed by atoms with Crippen molar-refractivity contribution >= 4 is 50.0 Å². The van der Waals surface area contributed by atoms with Crippen LogP contribution in [0.2, 0.25) is 10.0 Å². The highest BCUT2D eigenvalue weighted by Crippen LogP contribution is 2.40.